The predicted molar refractivity (Wildman–Crippen MR) is 145 cm³/mol. The van der Waals surface area contributed by atoms with Gasteiger partial charge in [-0.05, 0) is 81.9 Å². The van der Waals surface area contributed by atoms with Crippen LogP contribution >= 0.6 is 0 Å². The van der Waals surface area contributed by atoms with Crippen molar-refractivity contribution in [2.75, 3.05) is 27.2 Å². The number of aryl methyl sites for hydroxylation is 2. The molecule has 6 nitrogen and oxygen atoms in total. The molecule has 0 spiro atoms. The van der Waals surface area contributed by atoms with E-state index in [1.807, 2.05) is 81.4 Å². The summed E-state index contributed by atoms with van der Waals surface area (Å²) in [6.07, 6.45) is 0.718. The van der Waals surface area contributed by atoms with Gasteiger partial charge in [0.15, 0.2) is 0 Å². The Morgan fingerprint density at radius 2 is 1.62 bits per heavy atom. The number of benzene rings is 3. The largest absolute Gasteiger partial charge is 0.507 e. The summed E-state index contributed by atoms with van der Waals surface area (Å²) in [6, 6.07) is 22.1. The lowest BCUT2D eigenvalue weighted by molar-refractivity contribution is -0.139. The number of rotatable bonds is 9. The predicted octanol–water partition coefficient (Wildman–Crippen LogP) is 5.26. The second-order valence-corrected chi connectivity index (χ2v) is 9.80. The first-order chi connectivity index (χ1) is 17.8. The number of amides is 1. The molecule has 0 aliphatic carbocycles. The Morgan fingerprint density at radius 1 is 0.946 bits per heavy atom. The van der Waals surface area contributed by atoms with Gasteiger partial charge in [-0.2, -0.15) is 0 Å². The normalized spacial score (nSPS) is 17.0. The number of aliphatic hydroxyl groups is 1. The van der Waals surface area contributed by atoms with Crippen LogP contribution in [0, 0.1) is 13.8 Å². The van der Waals surface area contributed by atoms with Crippen LogP contribution in [0.3, 0.4) is 0 Å². The third kappa shape index (κ3) is 5.92. The van der Waals surface area contributed by atoms with Crippen LogP contribution in [0.15, 0.2) is 78.4 Å². The minimum Gasteiger partial charge on any atom is -0.507 e. The van der Waals surface area contributed by atoms with Gasteiger partial charge < -0.3 is 19.6 Å². The van der Waals surface area contributed by atoms with Crippen LogP contribution in [0.25, 0.3) is 5.76 Å². The van der Waals surface area contributed by atoms with E-state index in [1.165, 1.54) is 0 Å². The fourth-order valence-electron chi connectivity index (χ4n) is 4.56. The number of carbonyl (C=O) groups is 2. The third-order valence-electron chi connectivity index (χ3n) is 6.72. The molecule has 3 aromatic carbocycles. The standard InChI is InChI=1S/C31H34N2O4/c1-21-10-12-23(13-11-21)28-27(30(35)31(36)33(28)19-7-18-32(3)4)29(34)24-14-16-26(17-15-24)37-20-25-9-6-5-8-22(25)2/h5-6,8-17,28,34H,7,18-20H2,1-4H3. The minimum atomic E-state index is -0.659. The first kappa shape index (κ1) is 26.2. The molecule has 1 aliphatic heterocycles. The fourth-order valence-corrected chi connectivity index (χ4v) is 4.56. The van der Waals surface area contributed by atoms with Crippen LogP contribution in [0.5, 0.6) is 5.75 Å². The highest BCUT2D eigenvalue weighted by molar-refractivity contribution is 6.46. The molecule has 3 aromatic rings. The average Bonchev–Trinajstić information content (AvgIpc) is 3.13. The molecule has 1 unspecified atom stereocenters. The van der Waals surface area contributed by atoms with Crippen molar-refractivity contribution in [1.82, 2.24) is 9.80 Å². The Labute approximate surface area is 218 Å². The quantitative estimate of drug-likeness (QED) is 0.248. The number of nitrogens with zero attached hydrogens (tertiary/aromatic N) is 2. The molecule has 37 heavy (non-hydrogen) atoms. The zero-order valence-corrected chi connectivity index (χ0v) is 21.9. The molecule has 1 saturated heterocycles. The first-order valence-corrected chi connectivity index (χ1v) is 12.5. The van der Waals surface area contributed by atoms with Crippen molar-refractivity contribution in [3.8, 4) is 5.75 Å². The molecular weight excluding hydrogens is 464 g/mol. The van der Waals surface area contributed by atoms with Crippen LogP contribution in [0.4, 0.5) is 0 Å². The van der Waals surface area contributed by atoms with E-state index in [1.54, 1.807) is 29.2 Å². The molecule has 4 rings (SSSR count). The van der Waals surface area contributed by atoms with E-state index in [2.05, 4.69) is 0 Å². The molecule has 1 amide bonds. The molecule has 1 heterocycles. The molecule has 1 N–H and O–H groups in total. The van der Waals surface area contributed by atoms with Crippen LogP contribution in [0.1, 0.15) is 40.3 Å². The zero-order valence-electron chi connectivity index (χ0n) is 21.9. The van der Waals surface area contributed by atoms with Crippen molar-refractivity contribution >= 4 is 17.4 Å². The molecule has 1 aliphatic rings. The van der Waals surface area contributed by atoms with E-state index in [0.717, 1.165) is 35.2 Å². The molecule has 0 saturated carbocycles. The summed E-state index contributed by atoms with van der Waals surface area (Å²) < 4.78 is 5.92. The van der Waals surface area contributed by atoms with E-state index < -0.39 is 17.7 Å². The van der Waals surface area contributed by atoms with E-state index in [0.29, 0.717) is 24.5 Å². The minimum absolute atomic E-state index is 0.118. The van der Waals surface area contributed by atoms with Gasteiger partial charge in [-0.1, -0.05) is 54.1 Å². The number of ketones is 1. The lowest BCUT2D eigenvalue weighted by Crippen LogP contribution is -2.32. The van der Waals surface area contributed by atoms with Crippen LogP contribution in [-0.2, 0) is 16.2 Å². The van der Waals surface area contributed by atoms with E-state index in [9.17, 15) is 14.7 Å². The highest BCUT2D eigenvalue weighted by atomic mass is 16.5. The topological polar surface area (TPSA) is 70.1 Å². The lowest BCUT2D eigenvalue weighted by atomic mass is 9.94. The zero-order chi connectivity index (χ0) is 26.5. The Morgan fingerprint density at radius 3 is 2.27 bits per heavy atom. The molecule has 6 heteroatoms. The fraction of sp³-hybridized carbons (Fsp3) is 0.290. The van der Waals surface area contributed by atoms with Crippen molar-refractivity contribution in [2.24, 2.45) is 0 Å². The summed E-state index contributed by atoms with van der Waals surface area (Å²) in [6.45, 7) is 5.67. The second-order valence-electron chi connectivity index (χ2n) is 9.80. The number of likely N-dealkylation sites (tertiary alicyclic amines) is 1. The van der Waals surface area contributed by atoms with Crippen molar-refractivity contribution in [2.45, 2.75) is 32.9 Å². The Bertz CT molecular complexity index is 1290. The Hall–Kier alpha value is -3.90. The summed E-state index contributed by atoms with van der Waals surface area (Å²) in [5.74, 6) is -0.764. The van der Waals surface area contributed by atoms with Crippen LogP contribution in [0.2, 0.25) is 0 Å². The third-order valence-corrected chi connectivity index (χ3v) is 6.72. The maximum atomic E-state index is 13.2. The summed E-state index contributed by atoms with van der Waals surface area (Å²) >= 11 is 0. The van der Waals surface area contributed by atoms with Gasteiger partial charge in [-0.15, -0.1) is 0 Å². The lowest BCUT2D eigenvalue weighted by Gasteiger charge is -2.26. The molecule has 1 fully saturated rings. The van der Waals surface area contributed by atoms with Crippen LogP contribution in [-0.4, -0.2) is 53.8 Å². The molecular formula is C31H34N2O4. The highest BCUT2D eigenvalue weighted by Crippen LogP contribution is 2.39. The highest BCUT2D eigenvalue weighted by Gasteiger charge is 2.45. The molecule has 0 radical (unpaired) electrons. The smallest absolute Gasteiger partial charge is 0.295 e. The van der Waals surface area contributed by atoms with Crippen molar-refractivity contribution in [3.05, 3.63) is 106 Å². The number of Topliss-reactive ketones (excluding diaryl/α,β-unsaturated/α-hetero) is 1. The van der Waals surface area contributed by atoms with Crippen molar-refractivity contribution < 1.29 is 19.4 Å². The molecule has 0 aromatic heterocycles. The average molecular weight is 499 g/mol. The maximum Gasteiger partial charge on any atom is 0.295 e. The van der Waals surface area contributed by atoms with Gasteiger partial charge in [-0.3, -0.25) is 9.59 Å². The van der Waals surface area contributed by atoms with E-state index in [4.69, 9.17) is 4.74 Å². The summed E-state index contributed by atoms with van der Waals surface area (Å²) in [5.41, 5.74) is 4.72. The molecule has 192 valence electrons. The van der Waals surface area contributed by atoms with Gasteiger partial charge in [0.1, 0.15) is 18.1 Å². The number of ether oxygens (including phenoxy) is 1. The summed E-state index contributed by atoms with van der Waals surface area (Å²) in [5, 5.41) is 11.3. The number of hydrogen-bond donors (Lipinski definition) is 1. The second kappa shape index (κ2) is 11.4. The van der Waals surface area contributed by atoms with Gasteiger partial charge in [0, 0.05) is 12.1 Å². The number of hydrogen-bond acceptors (Lipinski definition) is 5. The number of aliphatic hydroxyl groups excluding tert-OH is 1. The summed E-state index contributed by atoms with van der Waals surface area (Å²) in [7, 11) is 3.94. The van der Waals surface area contributed by atoms with Gasteiger partial charge in [0.25, 0.3) is 11.7 Å². The summed E-state index contributed by atoms with van der Waals surface area (Å²) in [4.78, 5) is 29.9. The van der Waals surface area contributed by atoms with E-state index >= 15 is 0 Å². The van der Waals surface area contributed by atoms with E-state index in [-0.39, 0.29) is 11.3 Å². The van der Waals surface area contributed by atoms with Gasteiger partial charge in [0.05, 0.1) is 11.6 Å². The Kier molecular flexibility index (Phi) is 8.09. The van der Waals surface area contributed by atoms with Gasteiger partial charge in [0.2, 0.25) is 0 Å². The molecule has 1 atom stereocenters. The first-order valence-electron chi connectivity index (χ1n) is 12.5. The monoisotopic (exact) mass is 498 g/mol. The SMILES string of the molecule is Cc1ccc(C2C(=C(O)c3ccc(OCc4ccccc4C)cc3)C(=O)C(=O)N2CCCN(C)C)cc1. The van der Waals surface area contributed by atoms with Gasteiger partial charge in [-0.25, -0.2) is 0 Å². The molecule has 0 bridgehead atoms. The van der Waals surface area contributed by atoms with Gasteiger partial charge >= 0.3 is 0 Å². The van der Waals surface area contributed by atoms with Crippen molar-refractivity contribution in [3.63, 3.8) is 0 Å². The van der Waals surface area contributed by atoms with Crippen LogP contribution < -0.4 is 4.74 Å². The maximum absolute atomic E-state index is 13.2. The Balaban J connectivity index is 1.63. The number of carbonyl (C=O) groups excluding carboxylic acids is 2. The van der Waals surface area contributed by atoms with Crippen molar-refractivity contribution in [1.29, 1.82) is 0 Å².